The molecular formula is C20H25F2N3. The van der Waals surface area contributed by atoms with E-state index in [9.17, 15) is 8.78 Å². The van der Waals surface area contributed by atoms with Crippen molar-refractivity contribution in [3.63, 3.8) is 0 Å². The molecule has 2 aliphatic rings. The van der Waals surface area contributed by atoms with E-state index in [-0.39, 0.29) is 5.56 Å². The lowest BCUT2D eigenvalue weighted by Crippen LogP contribution is -2.49. The van der Waals surface area contributed by atoms with Crippen LogP contribution in [-0.4, -0.2) is 33.6 Å². The van der Waals surface area contributed by atoms with Crippen molar-refractivity contribution in [3.05, 3.63) is 41.7 Å². The van der Waals surface area contributed by atoms with E-state index in [1.54, 1.807) is 25.3 Å². The Hall–Kier alpha value is -1.75. The van der Waals surface area contributed by atoms with Crippen LogP contribution in [0.15, 0.2) is 24.5 Å². The summed E-state index contributed by atoms with van der Waals surface area (Å²) < 4.78 is 30.4. The highest BCUT2D eigenvalue weighted by Crippen LogP contribution is 2.33. The molecule has 1 aromatic heterocycles. The zero-order chi connectivity index (χ0) is 17.4. The zero-order valence-corrected chi connectivity index (χ0v) is 14.7. The Kier molecular flexibility index (Phi) is 4.59. The van der Waals surface area contributed by atoms with Crippen LogP contribution in [0.2, 0.25) is 0 Å². The van der Waals surface area contributed by atoms with Crippen LogP contribution in [0, 0.1) is 24.5 Å². The molecule has 25 heavy (non-hydrogen) atoms. The summed E-state index contributed by atoms with van der Waals surface area (Å²) in [6, 6.07) is 3.88. The number of hydrogen-bond acceptors (Lipinski definition) is 2. The molecule has 2 fully saturated rings. The van der Waals surface area contributed by atoms with Crippen molar-refractivity contribution >= 4 is 0 Å². The van der Waals surface area contributed by atoms with Gasteiger partial charge in [0.15, 0.2) is 11.6 Å². The minimum Gasteiger partial charge on any atom is -0.331 e. The lowest BCUT2D eigenvalue weighted by atomic mass is 9.83. The van der Waals surface area contributed by atoms with Crippen molar-refractivity contribution in [2.45, 2.75) is 51.6 Å². The molecule has 0 spiro atoms. The Morgan fingerprint density at radius 1 is 1.08 bits per heavy atom. The maximum atomic E-state index is 14.4. The van der Waals surface area contributed by atoms with Crippen LogP contribution in [0.4, 0.5) is 8.78 Å². The normalized spacial score (nSPS) is 24.3. The van der Waals surface area contributed by atoms with Gasteiger partial charge in [0.05, 0.1) is 5.56 Å². The SMILES string of the molecule is Cc1ccc(-c2nccn2C[C@@H]2CCCN3CCCC[C@H]23)c(F)c1F. The second kappa shape index (κ2) is 6.87. The molecule has 0 saturated carbocycles. The van der Waals surface area contributed by atoms with Gasteiger partial charge in [0.25, 0.3) is 0 Å². The van der Waals surface area contributed by atoms with Crippen molar-refractivity contribution in [2.24, 2.45) is 5.92 Å². The smallest absolute Gasteiger partial charge is 0.170 e. The molecule has 1 aromatic carbocycles. The number of benzene rings is 1. The topological polar surface area (TPSA) is 21.1 Å². The van der Waals surface area contributed by atoms with Crippen molar-refractivity contribution < 1.29 is 8.78 Å². The molecule has 3 heterocycles. The Labute approximate surface area is 147 Å². The zero-order valence-electron chi connectivity index (χ0n) is 14.7. The van der Waals surface area contributed by atoms with Crippen molar-refractivity contribution in [2.75, 3.05) is 13.1 Å². The first-order valence-electron chi connectivity index (χ1n) is 9.35. The van der Waals surface area contributed by atoms with Crippen LogP contribution in [0.25, 0.3) is 11.4 Å². The average Bonchev–Trinajstić information content (AvgIpc) is 3.08. The fraction of sp³-hybridized carbons (Fsp3) is 0.550. The number of halogens is 2. The Morgan fingerprint density at radius 2 is 1.92 bits per heavy atom. The first kappa shape index (κ1) is 16.7. The highest BCUT2D eigenvalue weighted by atomic mass is 19.2. The van der Waals surface area contributed by atoms with E-state index in [0.29, 0.717) is 23.3 Å². The minimum atomic E-state index is -0.796. The summed E-state index contributed by atoms with van der Waals surface area (Å²) >= 11 is 0. The van der Waals surface area contributed by atoms with E-state index in [0.717, 1.165) is 6.54 Å². The van der Waals surface area contributed by atoms with Gasteiger partial charge in [-0.15, -0.1) is 0 Å². The van der Waals surface area contributed by atoms with E-state index in [1.807, 2.05) is 10.8 Å². The number of aromatic nitrogens is 2. The highest BCUT2D eigenvalue weighted by Gasteiger charge is 2.33. The molecule has 3 nitrogen and oxygen atoms in total. The van der Waals surface area contributed by atoms with Crippen LogP contribution >= 0.6 is 0 Å². The summed E-state index contributed by atoms with van der Waals surface area (Å²) in [6.45, 7) is 4.81. The van der Waals surface area contributed by atoms with Crippen molar-refractivity contribution in [3.8, 4) is 11.4 Å². The third kappa shape index (κ3) is 3.10. The van der Waals surface area contributed by atoms with E-state index in [2.05, 4.69) is 9.88 Å². The summed E-state index contributed by atoms with van der Waals surface area (Å²) in [6.07, 6.45) is 9.85. The highest BCUT2D eigenvalue weighted by molar-refractivity contribution is 5.57. The van der Waals surface area contributed by atoms with E-state index >= 15 is 0 Å². The van der Waals surface area contributed by atoms with Crippen molar-refractivity contribution in [1.82, 2.24) is 14.5 Å². The average molecular weight is 345 g/mol. The molecule has 134 valence electrons. The van der Waals surface area contributed by atoms with Crippen LogP contribution in [0.3, 0.4) is 0 Å². The van der Waals surface area contributed by atoms with Gasteiger partial charge in [-0.25, -0.2) is 13.8 Å². The summed E-state index contributed by atoms with van der Waals surface area (Å²) in [4.78, 5) is 6.96. The lowest BCUT2D eigenvalue weighted by Gasteiger charge is -2.44. The fourth-order valence-corrected chi connectivity index (χ4v) is 4.56. The Balaban J connectivity index is 1.61. The molecule has 0 bridgehead atoms. The molecule has 0 radical (unpaired) electrons. The summed E-state index contributed by atoms with van der Waals surface area (Å²) in [5.74, 6) is -0.483. The van der Waals surface area contributed by atoms with Gasteiger partial charge in [-0.3, -0.25) is 0 Å². The van der Waals surface area contributed by atoms with E-state index < -0.39 is 11.6 Å². The van der Waals surface area contributed by atoms with Crippen LogP contribution in [0.5, 0.6) is 0 Å². The molecule has 4 rings (SSSR count). The molecule has 0 unspecified atom stereocenters. The molecule has 0 aliphatic carbocycles. The van der Waals surface area contributed by atoms with Gasteiger partial charge in [0.2, 0.25) is 0 Å². The van der Waals surface area contributed by atoms with E-state index in [1.165, 1.54) is 45.2 Å². The summed E-state index contributed by atoms with van der Waals surface area (Å²) in [7, 11) is 0. The van der Waals surface area contributed by atoms with Gasteiger partial charge < -0.3 is 9.47 Å². The number of aryl methyl sites for hydroxylation is 1. The molecule has 0 amide bonds. The molecule has 2 aliphatic heterocycles. The number of nitrogens with zero attached hydrogens (tertiary/aromatic N) is 3. The minimum absolute atomic E-state index is 0.254. The first-order valence-corrected chi connectivity index (χ1v) is 9.35. The molecule has 2 aromatic rings. The Morgan fingerprint density at radius 3 is 2.80 bits per heavy atom. The Bertz CT molecular complexity index is 753. The second-order valence-electron chi connectivity index (χ2n) is 7.46. The maximum Gasteiger partial charge on any atom is 0.170 e. The van der Waals surface area contributed by atoms with Crippen LogP contribution < -0.4 is 0 Å². The summed E-state index contributed by atoms with van der Waals surface area (Å²) in [5.41, 5.74) is 0.578. The number of hydrogen-bond donors (Lipinski definition) is 0. The van der Waals surface area contributed by atoms with Crippen molar-refractivity contribution in [1.29, 1.82) is 0 Å². The maximum absolute atomic E-state index is 14.4. The van der Waals surface area contributed by atoms with Gasteiger partial charge >= 0.3 is 0 Å². The van der Waals surface area contributed by atoms with Gasteiger partial charge in [-0.05, 0) is 63.2 Å². The fourth-order valence-electron chi connectivity index (χ4n) is 4.56. The van der Waals surface area contributed by atoms with Gasteiger partial charge in [-0.2, -0.15) is 0 Å². The predicted molar refractivity (Wildman–Crippen MR) is 94.3 cm³/mol. The number of fused-ring (bicyclic) bond motifs is 1. The lowest BCUT2D eigenvalue weighted by molar-refractivity contribution is 0.0521. The van der Waals surface area contributed by atoms with Gasteiger partial charge in [-0.1, -0.05) is 12.5 Å². The third-order valence-electron chi connectivity index (χ3n) is 5.89. The third-order valence-corrected chi connectivity index (χ3v) is 5.89. The number of piperidine rings is 2. The van der Waals surface area contributed by atoms with E-state index in [4.69, 9.17) is 0 Å². The predicted octanol–water partition coefficient (Wildman–Crippen LogP) is 4.40. The molecule has 2 atom stereocenters. The monoisotopic (exact) mass is 345 g/mol. The number of rotatable bonds is 3. The van der Waals surface area contributed by atoms with Gasteiger partial charge in [0.1, 0.15) is 5.82 Å². The van der Waals surface area contributed by atoms with Crippen LogP contribution in [-0.2, 0) is 6.54 Å². The molecule has 5 heteroatoms. The second-order valence-corrected chi connectivity index (χ2v) is 7.46. The molecular weight excluding hydrogens is 320 g/mol. The van der Waals surface area contributed by atoms with Gasteiger partial charge in [0, 0.05) is 25.0 Å². The molecule has 2 saturated heterocycles. The number of imidazole rings is 1. The first-order chi connectivity index (χ1) is 12.1. The largest absolute Gasteiger partial charge is 0.331 e. The quantitative estimate of drug-likeness (QED) is 0.822. The molecule has 0 N–H and O–H groups in total. The standard InChI is InChI=1S/C20H25F2N3/c1-14-7-8-16(19(22)18(14)21)20-23-9-12-25(20)13-15-5-4-11-24-10-3-2-6-17(15)24/h7-9,12,15,17H,2-6,10-11,13H2,1H3/t15-,17+/m0/s1. The summed E-state index contributed by atoms with van der Waals surface area (Å²) in [5, 5.41) is 0. The van der Waals surface area contributed by atoms with Crippen LogP contribution in [0.1, 0.15) is 37.7 Å².